The van der Waals surface area contributed by atoms with Gasteiger partial charge in [-0.3, -0.25) is 19.3 Å². The first-order valence-corrected chi connectivity index (χ1v) is 11.3. The predicted octanol–water partition coefficient (Wildman–Crippen LogP) is 3.98. The molecule has 3 amide bonds. The Morgan fingerprint density at radius 2 is 1.68 bits per heavy atom. The van der Waals surface area contributed by atoms with Gasteiger partial charge in [0.05, 0.1) is 12.8 Å². The van der Waals surface area contributed by atoms with Gasteiger partial charge in [-0.2, -0.15) is 0 Å². The van der Waals surface area contributed by atoms with E-state index >= 15 is 0 Å². The lowest BCUT2D eigenvalue weighted by Gasteiger charge is -2.32. The van der Waals surface area contributed by atoms with E-state index in [1.54, 1.807) is 30.3 Å². The molecule has 0 bridgehead atoms. The van der Waals surface area contributed by atoms with Gasteiger partial charge in [0.15, 0.2) is 5.76 Å². The molecule has 1 aromatic heterocycles. The Morgan fingerprint density at radius 3 is 2.32 bits per heavy atom. The number of carbonyl (C=O) groups is 3. The highest BCUT2D eigenvalue weighted by Crippen LogP contribution is 2.29. The third-order valence-corrected chi connectivity index (χ3v) is 5.84. The maximum atomic E-state index is 13.7. The van der Waals surface area contributed by atoms with Gasteiger partial charge in [0.25, 0.3) is 5.91 Å². The molecule has 0 radical (unpaired) electrons. The van der Waals surface area contributed by atoms with Crippen LogP contribution in [0.15, 0.2) is 77.4 Å². The molecule has 1 saturated carbocycles. The third kappa shape index (κ3) is 5.51. The number of benzene rings is 2. The summed E-state index contributed by atoms with van der Waals surface area (Å²) < 4.78 is 18.7. The van der Waals surface area contributed by atoms with Crippen LogP contribution in [0.1, 0.15) is 47.8 Å². The van der Waals surface area contributed by atoms with Gasteiger partial charge < -0.3 is 15.1 Å². The molecule has 0 spiro atoms. The molecule has 0 aliphatic heterocycles. The van der Waals surface area contributed by atoms with Crippen molar-refractivity contribution in [2.45, 2.75) is 37.8 Å². The molecule has 0 unspecified atom stereocenters. The van der Waals surface area contributed by atoms with Gasteiger partial charge >= 0.3 is 0 Å². The zero-order valence-electron chi connectivity index (χ0n) is 18.6. The number of furan rings is 1. The minimum absolute atomic E-state index is 0.0440. The lowest BCUT2D eigenvalue weighted by Crippen LogP contribution is -2.49. The number of nitrogens with zero attached hydrogens (tertiary/aromatic N) is 1. The monoisotopic (exact) mass is 463 g/mol. The Morgan fingerprint density at radius 1 is 0.971 bits per heavy atom. The van der Waals surface area contributed by atoms with Crippen molar-refractivity contribution in [3.63, 3.8) is 0 Å². The van der Waals surface area contributed by atoms with Crippen LogP contribution in [0.5, 0.6) is 0 Å². The molecule has 176 valence electrons. The summed E-state index contributed by atoms with van der Waals surface area (Å²) in [5.41, 5.74) is 0.946. The Balaban J connectivity index is 1.65. The summed E-state index contributed by atoms with van der Waals surface area (Å²) in [7, 11) is 0. The Hall–Kier alpha value is -3.94. The molecule has 1 aliphatic rings. The maximum Gasteiger partial charge on any atom is 0.287 e. The van der Waals surface area contributed by atoms with Crippen molar-refractivity contribution in [2.75, 3.05) is 11.4 Å². The van der Waals surface area contributed by atoms with Crippen molar-refractivity contribution in [3.05, 3.63) is 90.1 Å². The quantitative estimate of drug-likeness (QED) is 0.529. The van der Waals surface area contributed by atoms with Crippen molar-refractivity contribution in [1.82, 2.24) is 10.6 Å². The summed E-state index contributed by atoms with van der Waals surface area (Å²) in [5.74, 6) is -1.80. The Labute approximate surface area is 196 Å². The second-order valence-corrected chi connectivity index (χ2v) is 8.20. The summed E-state index contributed by atoms with van der Waals surface area (Å²) >= 11 is 0. The molecule has 7 nitrogen and oxygen atoms in total. The number of nitrogens with one attached hydrogen (secondary N) is 2. The second-order valence-electron chi connectivity index (χ2n) is 8.20. The molecule has 2 N–H and O–H groups in total. The van der Waals surface area contributed by atoms with Crippen molar-refractivity contribution in [2.24, 2.45) is 0 Å². The number of rotatable bonds is 8. The largest absolute Gasteiger partial charge is 0.459 e. The van der Waals surface area contributed by atoms with E-state index in [4.69, 9.17) is 4.42 Å². The first-order chi connectivity index (χ1) is 16.5. The normalized spacial score (nSPS) is 14.4. The van der Waals surface area contributed by atoms with Crippen LogP contribution < -0.4 is 15.5 Å². The first kappa shape index (κ1) is 23.2. The summed E-state index contributed by atoms with van der Waals surface area (Å²) in [6, 6.07) is 16.4. The molecular weight excluding hydrogens is 437 g/mol. The number of hydrogen-bond acceptors (Lipinski definition) is 4. The van der Waals surface area contributed by atoms with E-state index in [1.807, 2.05) is 6.07 Å². The fraction of sp³-hybridized carbons (Fsp3) is 0.269. The molecule has 1 atom stereocenters. The number of hydrogen-bond donors (Lipinski definition) is 2. The number of anilines is 1. The highest BCUT2D eigenvalue weighted by molar-refractivity contribution is 6.04. The molecule has 3 aromatic rings. The van der Waals surface area contributed by atoms with E-state index in [0.717, 1.165) is 25.7 Å². The number of carbonyl (C=O) groups excluding carboxylic acids is 3. The molecule has 2 aromatic carbocycles. The minimum Gasteiger partial charge on any atom is -0.459 e. The Kier molecular flexibility index (Phi) is 7.37. The second kappa shape index (κ2) is 10.8. The number of amides is 3. The molecule has 1 heterocycles. The zero-order chi connectivity index (χ0) is 23.9. The van der Waals surface area contributed by atoms with Gasteiger partial charge in [-0.1, -0.05) is 43.2 Å². The average molecular weight is 464 g/mol. The van der Waals surface area contributed by atoms with E-state index in [9.17, 15) is 18.8 Å². The van der Waals surface area contributed by atoms with Crippen LogP contribution in [-0.2, 0) is 9.59 Å². The lowest BCUT2D eigenvalue weighted by atomic mass is 10.0. The molecular formula is C26H26FN3O4. The molecule has 1 aliphatic carbocycles. The first-order valence-electron chi connectivity index (χ1n) is 11.3. The third-order valence-electron chi connectivity index (χ3n) is 5.84. The Bertz CT molecular complexity index is 1110. The van der Waals surface area contributed by atoms with Crippen LogP contribution in [0.25, 0.3) is 0 Å². The van der Waals surface area contributed by atoms with E-state index in [1.165, 1.54) is 41.5 Å². The minimum atomic E-state index is -1.000. The van der Waals surface area contributed by atoms with Crippen LogP contribution in [0.4, 0.5) is 10.1 Å². The van der Waals surface area contributed by atoms with Crippen LogP contribution in [0, 0.1) is 5.82 Å². The predicted molar refractivity (Wildman–Crippen MR) is 125 cm³/mol. The van der Waals surface area contributed by atoms with Crippen molar-refractivity contribution in [3.8, 4) is 0 Å². The van der Waals surface area contributed by atoms with Crippen LogP contribution in [-0.4, -0.2) is 30.3 Å². The summed E-state index contributed by atoms with van der Waals surface area (Å²) in [4.78, 5) is 40.6. The summed E-state index contributed by atoms with van der Waals surface area (Å²) in [6.45, 7) is -0.378. The van der Waals surface area contributed by atoms with Gasteiger partial charge in [0, 0.05) is 11.7 Å². The SMILES string of the molecule is O=C(NCC(=O)N(c1ccc(F)cc1)[C@@H](C(=O)NC1CCCC1)c1ccccc1)c1ccco1. The highest BCUT2D eigenvalue weighted by Gasteiger charge is 2.34. The van der Waals surface area contributed by atoms with Gasteiger partial charge in [0.2, 0.25) is 11.8 Å². The van der Waals surface area contributed by atoms with Gasteiger partial charge in [0.1, 0.15) is 11.9 Å². The number of halogens is 1. The van der Waals surface area contributed by atoms with E-state index in [-0.39, 0.29) is 24.3 Å². The van der Waals surface area contributed by atoms with Crippen LogP contribution in [0.2, 0.25) is 0 Å². The lowest BCUT2D eigenvalue weighted by molar-refractivity contribution is -0.126. The molecule has 1 fully saturated rings. The highest BCUT2D eigenvalue weighted by atomic mass is 19.1. The van der Waals surface area contributed by atoms with Crippen molar-refractivity contribution in [1.29, 1.82) is 0 Å². The molecule has 34 heavy (non-hydrogen) atoms. The average Bonchev–Trinajstić information content (AvgIpc) is 3.57. The standard InChI is InChI=1S/C26H26FN3O4/c27-19-12-14-21(15-13-19)30(23(31)17-28-25(32)22-11-6-16-34-22)24(18-7-2-1-3-8-18)26(33)29-20-9-4-5-10-20/h1-3,6-8,11-16,20,24H,4-5,9-10,17H2,(H,28,32)(H,29,33)/t24-/m1/s1. The fourth-order valence-corrected chi connectivity index (χ4v) is 4.18. The molecule has 8 heteroatoms. The van der Waals surface area contributed by atoms with Gasteiger partial charge in [-0.05, 0) is 54.8 Å². The van der Waals surface area contributed by atoms with E-state index in [0.29, 0.717) is 11.3 Å². The van der Waals surface area contributed by atoms with Crippen LogP contribution in [0.3, 0.4) is 0 Å². The van der Waals surface area contributed by atoms with E-state index < -0.39 is 23.7 Å². The van der Waals surface area contributed by atoms with Gasteiger partial charge in [-0.15, -0.1) is 0 Å². The summed E-state index contributed by atoms with van der Waals surface area (Å²) in [5, 5.41) is 5.61. The van der Waals surface area contributed by atoms with Crippen molar-refractivity contribution >= 4 is 23.4 Å². The van der Waals surface area contributed by atoms with Crippen LogP contribution >= 0.6 is 0 Å². The smallest absolute Gasteiger partial charge is 0.287 e. The van der Waals surface area contributed by atoms with Crippen molar-refractivity contribution < 1.29 is 23.2 Å². The zero-order valence-corrected chi connectivity index (χ0v) is 18.6. The summed E-state index contributed by atoms with van der Waals surface area (Å²) in [6.07, 6.45) is 5.22. The van der Waals surface area contributed by atoms with Gasteiger partial charge in [-0.25, -0.2) is 4.39 Å². The van der Waals surface area contributed by atoms with E-state index in [2.05, 4.69) is 10.6 Å². The maximum absolute atomic E-state index is 13.7. The topological polar surface area (TPSA) is 91.7 Å². The molecule has 0 saturated heterocycles. The fourth-order valence-electron chi connectivity index (χ4n) is 4.18. The molecule has 4 rings (SSSR count).